The van der Waals surface area contributed by atoms with Gasteiger partial charge in [-0.15, -0.1) is 0 Å². The van der Waals surface area contributed by atoms with Crippen LogP contribution in [0.5, 0.6) is 5.75 Å². The SMILES string of the molecule is CC1=C(C(=O)OC(C)C)C(c2ccccc2)n2c(sc(=Cc3ccc(OCc4ccccc4C#N)cc3)c2=O)=N1. The molecule has 1 aliphatic rings. The molecule has 0 fully saturated rings. The third-order valence-corrected chi connectivity index (χ3v) is 7.39. The molecule has 0 saturated carbocycles. The van der Waals surface area contributed by atoms with E-state index in [1.807, 2.05) is 78.9 Å². The van der Waals surface area contributed by atoms with E-state index >= 15 is 0 Å². The first-order chi connectivity index (χ1) is 19.4. The molecular formula is C32H27N3O4S. The summed E-state index contributed by atoms with van der Waals surface area (Å²) in [5.74, 6) is 0.173. The van der Waals surface area contributed by atoms with Crippen molar-refractivity contribution in [3.05, 3.63) is 132 Å². The van der Waals surface area contributed by atoms with Crippen LogP contribution < -0.4 is 19.6 Å². The van der Waals surface area contributed by atoms with Crippen molar-refractivity contribution in [3.63, 3.8) is 0 Å². The third-order valence-electron chi connectivity index (χ3n) is 6.41. The average Bonchev–Trinajstić information content (AvgIpc) is 3.26. The zero-order valence-corrected chi connectivity index (χ0v) is 23.1. The standard InChI is InChI=1S/C32H27N3O4S/c1-20(2)39-31(37)28-21(3)34-32-35(29(28)23-9-5-4-6-10-23)30(36)27(40-32)17-22-13-15-26(16-14-22)38-19-25-12-8-7-11-24(25)18-33/h4-17,20,29H,19H2,1-3H3. The van der Waals surface area contributed by atoms with Crippen molar-refractivity contribution in [1.29, 1.82) is 5.26 Å². The van der Waals surface area contributed by atoms with Gasteiger partial charge in [-0.1, -0.05) is 72.0 Å². The van der Waals surface area contributed by atoms with Crippen LogP contribution in [0.25, 0.3) is 6.08 Å². The fourth-order valence-electron chi connectivity index (χ4n) is 4.54. The molecule has 0 amide bonds. The van der Waals surface area contributed by atoms with E-state index in [0.29, 0.717) is 31.9 Å². The fraction of sp³-hybridized carbons (Fsp3) is 0.188. The minimum atomic E-state index is -0.641. The predicted molar refractivity (Wildman–Crippen MR) is 153 cm³/mol. The lowest BCUT2D eigenvalue weighted by molar-refractivity contribution is -0.143. The second-order valence-corrected chi connectivity index (χ2v) is 10.6. The highest BCUT2D eigenvalue weighted by Crippen LogP contribution is 2.30. The molecule has 0 spiro atoms. The normalized spacial score (nSPS) is 14.9. The highest BCUT2D eigenvalue weighted by molar-refractivity contribution is 7.07. The van der Waals surface area contributed by atoms with Crippen LogP contribution in [-0.2, 0) is 16.1 Å². The van der Waals surface area contributed by atoms with Crippen LogP contribution in [0.2, 0.25) is 0 Å². The number of nitrogens with zero attached hydrogens (tertiary/aromatic N) is 3. The number of hydrogen-bond donors (Lipinski definition) is 0. The molecule has 200 valence electrons. The van der Waals surface area contributed by atoms with Crippen LogP contribution in [0, 0.1) is 11.3 Å². The summed E-state index contributed by atoms with van der Waals surface area (Å²) in [7, 11) is 0. The van der Waals surface area contributed by atoms with Crippen LogP contribution >= 0.6 is 11.3 Å². The van der Waals surface area contributed by atoms with Gasteiger partial charge in [0.25, 0.3) is 5.56 Å². The van der Waals surface area contributed by atoms with E-state index in [9.17, 15) is 14.9 Å². The number of fused-ring (bicyclic) bond motifs is 1. The Kier molecular flexibility index (Phi) is 7.76. The Morgan fingerprint density at radius 1 is 1.07 bits per heavy atom. The number of thiazole rings is 1. The molecule has 1 atom stereocenters. The lowest BCUT2D eigenvalue weighted by Gasteiger charge is -2.25. The Balaban J connectivity index is 1.48. The van der Waals surface area contributed by atoms with Gasteiger partial charge in [0.1, 0.15) is 12.4 Å². The predicted octanol–water partition coefficient (Wildman–Crippen LogP) is 4.64. The molecule has 8 heteroatoms. The van der Waals surface area contributed by atoms with E-state index in [1.165, 1.54) is 11.3 Å². The quantitative estimate of drug-likeness (QED) is 0.313. The summed E-state index contributed by atoms with van der Waals surface area (Å²) >= 11 is 1.28. The number of aromatic nitrogens is 1. The number of carbonyl (C=O) groups excluding carboxylic acids is 1. The number of ether oxygens (including phenoxy) is 2. The molecule has 0 N–H and O–H groups in total. The average molecular weight is 550 g/mol. The van der Waals surface area contributed by atoms with Gasteiger partial charge >= 0.3 is 5.97 Å². The monoisotopic (exact) mass is 549 g/mol. The van der Waals surface area contributed by atoms with Gasteiger partial charge in [-0.2, -0.15) is 5.26 Å². The minimum Gasteiger partial charge on any atom is -0.489 e. The number of esters is 1. The second kappa shape index (κ2) is 11.6. The van der Waals surface area contributed by atoms with Crippen molar-refractivity contribution >= 4 is 23.4 Å². The molecule has 1 unspecified atom stereocenters. The molecule has 0 aliphatic carbocycles. The van der Waals surface area contributed by atoms with Crippen molar-refractivity contribution in [2.75, 3.05) is 0 Å². The van der Waals surface area contributed by atoms with Gasteiger partial charge in [-0.25, -0.2) is 9.79 Å². The molecular weight excluding hydrogens is 522 g/mol. The lowest BCUT2D eigenvalue weighted by Crippen LogP contribution is -2.40. The van der Waals surface area contributed by atoms with Crippen LogP contribution in [-0.4, -0.2) is 16.6 Å². The molecule has 5 rings (SSSR count). The summed E-state index contributed by atoms with van der Waals surface area (Å²) in [6, 6.07) is 25.7. The Hall–Kier alpha value is -4.74. The number of rotatable bonds is 7. The van der Waals surface area contributed by atoms with E-state index in [1.54, 1.807) is 31.4 Å². The minimum absolute atomic E-state index is 0.228. The number of carbonyl (C=O) groups is 1. The van der Waals surface area contributed by atoms with Gasteiger partial charge in [0, 0.05) is 5.56 Å². The number of allylic oxidation sites excluding steroid dienone is 1. The highest BCUT2D eigenvalue weighted by atomic mass is 32.1. The molecule has 3 aromatic carbocycles. The van der Waals surface area contributed by atoms with Crippen molar-refractivity contribution in [2.24, 2.45) is 4.99 Å². The fourth-order valence-corrected chi connectivity index (χ4v) is 5.59. The van der Waals surface area contributed by atoms with Gasteiger partial charge in [0.15, 0.2) is 4.80 Å². The van der Waals surface area contributed by atoms with Gasteiger partial charge < -0.3 is 9.47 Å². The van der Waals surface area contributed by atoms with Gasteiger partial charge in [-0.3, -0.25) is 9.36 Å². The van der Waals surface area contributed by atoms with Gasteiger partial charge in [0.2, 0.25) is 0 Å². The molecule has 2 heterocycles. The first kappa shape index (κ1) is 26.9. The second-order valence-electron chi connectivity index (χ2n) is 9.57. The summed E-state index contributed by atoms with van der Waals surface area (Å²) in [6.07, 6.45) is 1.51. The Bertz CT molecular complexity index is 1810. The van der Waals surface area contributed by atoms with Crippen LogP contribution in [0.4, 0.5) is 0 Å². The Morgan fingerprint density at radius 2 is 1.77 bits per heavy atom. The number of benzene rings is 3. The Labute approximate surface area is 235 Å². The van der Waals surface area contributed by atoms with E-state index in [4.69, 9.17) is 9.47 Å². The zero-order valence-electron chi connectivity index (χ0n) is 22.3. The topological polar surface area (TPSA) is 93.7 Å². The van der Waals surface area contributed by atoms with Crippen molar-refractivity contribution in [1.82, 2.24) is 4.57 Å². The third kappa shape index (κ3) is 5.51. The molecule has 0 radical (unpaired) electrons. The molecule has 40 heavy (non-hydrogen) atoms. The van der Waals surface area contributed by atoms with Crippen LogP contribution in [0.15, 0.2) is 99.9 Å². The van der Waals surface area contributed by atoms with Crippen molar-refractivity contribution in [3.8, 4) is 11.8 Å². The first-order valence-corrected chi connectivity index (χ1v) is 13.7. The maximum atomic E-state index is 13.7. The maximum absolute atomic E-state index is 13.7. The lowest BCUT2D eigenvalue weighted by atomic mass is 9.96. The molecule has 0 saturated heterocycles. The molecule has 4 aromatic rings. The number of nitriles is 1. The zero-order chi connectivity index (χ0) is 28.2. The molecule has 7 nitrogen and oxygen atoms in total. The van der Waals surface area contributed by atoms with E-state index in [-0.39, 0.29) is 18.3 Å². The first-order valence-electron chi connectivity index (χ1n) is 12.8. The highest BCUT2D eigenvalue weighted by Gasteiger charge is 2.33. The van der Waals surface area contributed by atoms with Gasteiger partial charge in [0.05, 0.1) is 39.6 Å². The van der Waals surface area contributed by atoms with Crippen LogP contribution in [0.3, 0.4) is 0 Å². The van der Waals surface area contributed by atoms with E-state index in [0.717, 1.165) is 16.7 Å². The number of hydrogen-bond acceptors (Lipinski definition) is 7. The van der Waals surface area contributed by atoms with E-state index in [2.05, 4.69) is 11.1 Å². The van der Waals surface area contributed by atoms with Crippen molar-refractivity contribution < 1.29 is 14.3 Å². The molecule has 0 bridgehead atoms. The summed E-state index contributed by atoms with van der Waals surface area (Å²) in [4.78, 5) is 32.0. The van der Waals surface area contributed by atoms with Gasteiger partial charge in [-0.05, 0) is 56.2 Å². The largest absolute Gasteiger partial charge is 0.489 e. The molecule has 1 aliphatic heterocycles. The van der Waals surface area contributed by atoms with E-state index < -0.39 is 12.0 Å². The van der Waals surface area contributed by atoms with Crippen LogP contribution in [0.1, 0.15) is 49.1 Å². The summed E-state index contributed by atoms with van der Waals surface area (Å²) in [5, 5.41) is 9.28. The Morgan fingerprint density at radius 3 is 2.48 bits per heavy atom. The summed E-state index contributed by atoms with van der Waals surface area (Å²) < 4.78 is 13.5. The summed E-state index contributed by atoms with van der Waals surface area (Å²) in [6.45, 7) is 5.64. The maximum Gasteiger partial charge on any atom is 0.338 e. The van der Waals surface area contributed by atoms with Crippen molar-refractivity contribution in [2.45, 2.75) is 39.5 Å². The molecule has 1 aromatic heterocycles. The smallest absolute Gasteiger partial charge is 0.338 e. The summed E-state index contributed by atoms with van der Waals surface area (Å²) in [5.41, 5.74) is 3.69.